The van der Waals surface area contributed by atoms with E-state index in [2.05, 4.69) is 26.6 Å². The highest BCUT2D eigenvalue weighted by atomic mass is 32.2. The molecule has 1 saturated heterocycles. The van der Waals surface area contributed by atoms with Crippen molar-refractivity contribution in [2.24, 2.45) is 13.0 Å². The third-order valence-corrected chi connectivity index (χ3v) is 5.71. The normalized spacial score (nSPS) is 23.5. The van der Waals surface area contributed by atoms with E-state index in [0.717, 1.165) is 24.2 Å². The molecule has 3 rings (SSSR count). The van der Waals surface area contributed by atoms with Crippen LogP contribution in [0.5, 0.6) is 0 Å². The number of aromatic nitrogens is 3. The van der Waals surface area contributed by atoms with Crippen molar-refractivity contribution < 1.29 is 8.42 Å². The number of nitrogens with zero attached hydrogens (tertiary/aromatic N) is 4. The molecule has 0 aliphatic carbocycles. The van der Waals surface area contributed by atoms with Crippen molar-refractivity contribution >= 4 is 21.1 Å². The minimum atomic E-state index is -3.58. The summed E-state index contributed by atoms with van der Waals surface area (Å²) in [6.45, 7) is 5.53. The molecule has 0 bridgehead atoms. The molecule has 0 aromatic carbocycles. The summed E-state index contributed by atoms with van der Waals surface area (Å²) in [5, 5.41) is 5.04. The van der Waals surface area contributed by atoms with E-state index >= 15 is 0 Å². The van der Waals surface area contributed by atoms with Gasteiger partial charge < -0.3 is 4.90 Å². The average molecular weight is 323 g/mol. The fraction of sp³-hybridized carbons (Fsp3) is 0.571. The molecule has 22 heavy (non-hydrogen) atoms. The van der Waals surface area contributed by atoms with Gasteiger partial charge in [-0.3, -0.25) is 4.68 Å². The van der Waals surface area contributed by atoms with E-state index in [9.17, 15) is 8.42 Å². The van der Waals surface area contributed by atoms with Gasteiger partial charge in [0.05, 0.1) is 5.69 Å². The first-order valence-electron chi connectivity index (χ1n) is 7.28. The first kappa shape index (κ1) is 15.4. The molecule has 2 aromatic heterocycles. The molecule has 1 aliphatic rings. The molecule has 0 radical (unpaired) electrons. The molecule has 2 atom stereocenters. The number of likely N-dealkylation sites (tertiary alicyclic amines) is 1. The van der Waals surface area contributed by atoms with Crippen LogP contribution in [-0.2, 0) is 17.1 Å². The van der Waals surface area contributed by atoms with Gasteiger partial charge in [0.25, 0.3) is 0 Å². The first-order valence-corrected chi connectivity index (χ1v) is 8.76. The van der Waals surface area contributed by atoms with Crippen molar-refractivity contribution in [1.29, 1.82) is 0 Å². The number of likely N-dealkylation sites (N-methyl/N-ethyl adjacent to an activating group) is 1. The fourth-order valence-corrected chi connectivity index (χ4v) is 4.37. The standard InChI is InChI=1S/C14H21N5O2S/c1-9-7-18(3)8-13(9)17-22(20,21)11-5-12-10(2)16-19(4)14(12)15-6-11/h5-6,9,13,17H,7-8H2,1-4H3. The van der Waals surface area contributed by atoms with Crippen LogP contribution in [-0.4, -0.2) is 54.3 Å². The van der Waals surface area contributed by atoms with Gasteiger partial charge in [-0.05, 0) is 26.0 Å². The van der Waals surface area contributed by atoms with E-state index in [1.807, 2.05) is 14.0 Å². The van der Waals surface area contributed by atoms with E-state index in [0.29, 0.717) is 5.65 Å². The summed E-state index contributed by atoms with van der Waals surface area (Å²) in [7, 11) is 0.219. The van der Waals surface area contributed by atoms with Crippen molar-refractivity contribution in [2.45, 2.75) is 24.8 Å². The largest absolute Gasteiger partial charge is 0.304 e. The smallest absolute Gasteiger partial charge is 0.242 e. The first-order chi connectivity index (χ1) is 10.3. The Hall–Kier alpha value is -1.51. The summed E-state index contributed by atoms with van der Waals surface area (Å²) in [4.78, 5) is 6.57. The fourth-order valence-electron chi connectivity index (χ4n) is 3.07. The number of nitrogens with one attached hydrogen (secondary N) is 1. The van der Waals surface area contributed by atoms with Crippen LogP contribution in [0.1, 0.15) is 12.6 Å². The lowest BCUT2D eigenvalue weighted by molar-refractivity contribution is 0.400. The van der Waals surface area contributed by atoms with Gasteiger partial charge in [0.15, 0.2) is 5.65 Å². The zero-order valence-electron chi connectivity index (χ0n) is 13.2. The third kappa shape index (κ3) is 2.62. The maximum Gasteiger partial charge on any atom is 0.242 e. The topological polar surface area (TPSA) is 80.1 Å². The summed E-state index contributed by atoms with van der Waals surface area (Å²) in [6.07, 6.45) is 1.40. The van der Waals surface area contributed by atoms with Crippen LogP contribution in [0.2, 0.25) is 0 Å². The van der Waals surface area contributed by atoms with E-state index in [1.54, 1.807) is 17.8 Å². The van der Waals surface area contributed by atoms with Gasteiger partial charge in [0, 0.05) is 37.8 Å². The Labute approximate surface area is 130 Å². The Morgan fingerprint density at radius 2 is 2.05 bits per heavy atom. The molecule has 0 saturated carbocycles. The second-order valence-electron chi connectivity index (χ2n) is 6.18. The van der Waals surface area contributed by atoms with Gasteiger partial charge in [-0.15, -0.1) is 0 Å². The molecular formula is C14H21N5O2S. The molecule has 2 unspecified atom stereocenters. The maximum atomic E-state index is 12.6. The summed E-state index contributed by atoms with van der Waals surface area (Å²) in [5.74, 6) is 0.289. The second-order valence-corrected chi connectivity index (χ2v) is 7.89. The van der Waals surface area contributed by atoms with Crippen LogP contribution in [0, 0.1) is 12.8 Å². The quantitative estimate of drug-likeness (QED) is 0.890. The van der Waals surface area contributed by atoms with Gasteiger partial charge in [-0.2, -0.15) is 5.10 Å². The lowest BCUT2D eigenvalue weighted by Crippen LogP contribution is -2.39. The second kappa shape index (κ2) is 5.29. The van der Waals surface area contributed by atoms with Gasteiger partial charge in [0.2, 0.25) is 10.0 Å². The predicted octanol–water partition coefficient (Wildman–Crippen LogP) is 0.505. The molecule has 120 valence electrons. The summed E-state index contributed by atoms with van der Waals surface area (Å²) in [6, 6.07) is 1.58. The van der Waals surface area contributed by atoms with E-state index in [4.69, 9.17) is 0 Å². The van der Waals surface area contributed by atoms with Crippen LogP contribution in [0.3, 0.4) is 0 Å². The summed E-state index contributed by atoms with van der Waals surface area (Å²) in [5.41, 5.74) is 1.46. The van der Waals surface area contributed by atoms with Crippen molar-refractivity contribution in [3.8, 4) is 0 Å². The van der Waals surface area contributed by atoms with Crippen molar-refractivity contribution in [3.05, 3.63) is 18.0 Å². The maximum absolute atomic E-state index is 12.6. The van der Waals surface area contributed by atoms with E-state index in [-0.39, 0.29) is 16.9 Å². The highest BCUT2D eigenvalue weighted by Gasteiger charge is 2.31. The Morgan fingerprint density at radius 1 is 1.32 bits per heavy atom. The molecule has 2 aromatic rings. The molecule has 7 nitrogen and oxygen atoms in total. The minimum absolute atomic E-state index is 0.0688. The van der Waals surface area contributed by atoms with Gasteiger partial charge >= 0.3 is 0 Å². The van der Waals surface area contributed by atoms with E-state index < -0.39 is 10.0 Å². The average Bonchev–Trinajstić information content (AvgIpc) is 2.89. The highest BCUT2D eigenvalue weighted by molar-refractivity contribution is 7.89. The summed E-state index contributed by atoms with van der Waals surface area (Å²) < 4.78 is 29.7. The summed E-state index contributed by atoms with van der Waals surface area (Å²) >= 11 is 0. The molecule has 8 heteroatoms. The predicted molar refractivity (Wildman–Crippen MR) is 84.0 cm³/mol. The highest BCUT2D eigenvalue weighted by Crippen LogP contribution is 2.21. The van der Waals surface area contributed by atoms with Crippen LogP contribution >= 0.6 is 0 Å². The van der Waals surface area contributed by atoms with Crippen molar-refractivity contribution in [2.75, 3.05) is 20.1 Å². The minimum Gasteiger partial charge on any atom is -0.304 e. The Bertz CT molecular complexity index is 814. The molecule has 1 N–H and O–H groups in total. The van der Waals surface area contributed by atoms with Gasteiger partial charge in [0.1, 0.15) is 4.90 Å². The number of hydrogen-bond acceptors (Lipinski definition) is 5. The van der Waals surface area contributed by atoms with Gasteiger partial charge in [-0.1, -0.05) is 6.92 Å². The van der Waals surface area contributed by atoms with Gasteiger partial charge in [-0.25, -0.2) is 18.1 Å². The van der Waals surface area contributed by atoms with Crippen LogP contribution in [0.15, 0.2) is 17.2 Å². The Balaban J connectivity index is 1.93. The molecule has 0 amide bonds. The molecule has 1 fully saturated rings. The van der Waals surface area contributed by atoms with Crippen LogP contribution in [0.4, 0.5) is 0 Å². The SMILES string of the molecule is Cc1nn(C)c2ncc(S(=O)(=O)NC3CN(C)CC3C)cc12. The molecule has 0 spiro atoms. The van der Waals surface area contributed by atoms with Crippen molar-refractivity contribution in [3.63, 3.8) is 0 Å². The molecular weight excluding hydrogens is 302 g/mol. The Morgan fingerprint density at radius 3 is 2.68 bits per heavy atom. The van der Waals surface area contributed by atoms with E-state index in [1.165, 1.54) is 6.20 Å². The van der Waals surface area contributed by atoms with Crippen LogP contribution < -0.4 is 4.72 Å². The zero-order chi connectivity index (χ0) is 16.1. The number of fused-ring (bicyclic) bond motifs is 1. The zero-order valence-corrected chi connectivity index (χ0v) is 14.1. The molecule has 3 heterocycles. The lowest BCUT2D eigenvalue weighted by atomic mass is 10.1. The van der Waals surface area contributed by atoms with Crippen LogP contribution in [0.25, 0.3) is 11.0 Å². The number of pyridine rings is 1. The number of rotatable bonds is 3. The Kier molecular flexibility index (Phi) is 3.70. The number of hydrogen-bond donors (Lipinski definition) is 1. The third-order valence-electron chi connectivity index (χ3n) is 4.25. The van der Waals surface area contributed by atoms with Crippen molar-refractivity contribution in [1.82, 2.24) is 24.4 Å². The monoisotopic (exact) mass is 323 g/mol. The molecule has 1 aliphatic heterocycles. The number of sulfonamides is 1. The number of aryl methyl sites for hydroxylation is 2. The lowest BCUT2D eigenvalue weighted by Gasteiger charge is -2.16.